The number of benzene rings is 1. The molecule has 0 aliphatic heterocycles. The standard InChI is InChI=1S/C13H16N4O/c1-3-17(10-7-5-4-6-8-10)12-11(14)13(18-2)16-9-15-12/h4-9H,3,14H2,1-2H3. The molecule has 2 aromatic rings. The van der Waals surface area contributed by atoms with Crippen LogP contribution in [0.3, 0.4) is 0 Å². The fraction of sp³-hybridized carbons (Fsp3) is 0.231. The normalized spacial score (nSPS) is 10.1. The van der Waals surface area contributed by atoms with E-state index in [1.807, 2.05) is 42.2 Å². The second-order valence-corrected chi connectivity index (χ2v) is 3.70. The van der Waals surface area contributed by atoms with Crippen LogP contribution in [0.25, 0.3) is 0 Å². The summed E-state index contributed by atoms with van der Waals surface area (Å²) in [7, 11) is 1.54. The Balaban J connectivity index is 2.46. The Morgan fingerprint density at radius 2 is 1.94 bits per heavy atom. The van der Waals surface area contributed by atoms with E-state index in [0.29, 0.717) is 17.4 Å². The van der Waals surface area contributed by atoms with Crippen LogP contribution in [0.5, 0.6) is 5.88 Å². The summed E-state index contributed by atoms with van der Waals surface area (Å²) in [5.41, 5.74) is 7.50. The fourth-order valence-electron chi connectivity index (χ4n) is 1.81. The Kier molecular flexibility index (Phi) is 3.62. The molecule has 0 fully saturated rings. The summed E-state index contributed by atoms with van der Waals surface area (Å²) >= 11 is 0. The van der Waals surface area contributed by atoms with Gasteiger partial charge < -0.3 is 15.4 Å². The van der Waals surface area contributed by atoms with Crippen LogP contribution < -0.4 is 15.4 Å². The Bertz CT molecular complexity index is 516. The summed E-state index contributed by atoms with van der Waals surface area (Å²) in [5.74, 6) is 1.06. The zero-order valence-corrected chi connectivity index (χ0v) is 10.5. The van der Waals surface area contributed by atoms with Crippen molar-refractivity contribution in [2.75, 3.05) is 24.3 Å². The molecule has 0 aliphatic rings. The third-order valence-corrected chi connectivity index (χ3v) is 2.66. The number of anilines is 3. The smallest absolute Gasteiger partial charge is 0.242 e. The molecule has 0 aliphatic carbocycles. The first-order valence-electron chi connectivity index (χ1n) is 5.75. The lowest BCUT2D eigenvalue weighted by Gasteiger charge is -2.23. The fourth-order valence-corrected chi connectivity index (χ4v) is 1.81. The van der Waals surface area contributed by atoms with Crippen molar-refractivity contribution in [3.8, 4) is 5.88 Å². The highest BCUT2D eigenvalue weighted by molar-refractivity contribution is 5.74. The summed E-state index contributed by atoms with van der Waals surface area (Å²) in [4.78, 5) is 10.2. The lowest BCUT2D eigenvalue weighted by molar-refractivity contribution is 0.399. The lowest BCUT2D eigenvalue weighted by atomic mass is 10.2. The van der Waals surface area contributed by atoms with E-state index in [0.717, 1.165) is 12.2 Å². The average Bonchev–Trinajstić information content (AvgIpc) is 2.43. The molecule has 1 aromatic carbocycles. The van der Waals surface area contributed by atoms with Crippen LogP contribution in [-0.2, 0) is 0 Å². The first-order valence-corrected chi connectivity index (χ1v) is 5.75. The molecule has 2 rings (SSSR count). The van der Waals surface area contributed by atoms with E-state index >= 15 is 0 Å². The molecule has 0 radical (unpaired) electrons. The summed E-state index contributed by atoms with van der Waals surface area (Å²) in [6.07, 6.45) is 1.45. The monoisotopic (exact) mass is 244 g/mol. The zero-order valence-electron chi connectivity index (χ0n) is 10.5. The van der Waals surface area contributed by atoms with Crippen molar-refractivity contribution in [2.24, 2.45) is 0 Å². The lowest BCUT2D eigenvalue weighted by Crippen LogP contribution is -2.19. The van der Waals surface area contributed by atoms with Gasteiger partial charge in [-0.3, -0.25) is 0 Å². The molecule has 0 amide bonds. The Morgan fingerprint density at radius 1 is 1.22 bits per heavy atom. The second-order valence-electron chi connectivity index (χ2n) is 3.70. The number of nitrogens with zero attached hydrogens (tertiary/aromatic N) is 3. The zero-order chi connectivity index (χ0) is 13.0. The molecule has 5 nitrogen and oxygen atoms in total. The molecule has 1 heterocycles. The predicted octanol–water partition coefficient (Wildman–Crippen LogP) is 2.23. The Hall–Kier alpha value is -2.30. The van der Waals surface area contributed by atoms with Gasteiger partial charge in [0.2, 0.25) is 5.88 Å². The molecule has 0 bridgehead atoms. The molecule has 18 heavy (non-hydrogen) atoms. The van der Waals surface area contributed by atoms with E-state index in [1.54, 1.807) is 7.11 Å². The highest BCUT2D eigenvalue weighted by atomic mass is 16.5. The van der Waals surface area contributed by atoms with Gasteiger partial charge in [-0.25, -0.2) is 4.98 Å². The molecule has 0 atom stereocenters. The van der Waals surface area contributed by atoms with Gasteiger partial charge in [0.25, 0.3) is 0 Å². The van der Waals surface area contributed by atoms with Crippen LogP contribution in [0, 0.1) is 0 Å². The number of hydrogen-bond donors (Lipinski definition) is 1. The van der Waals surface area contributed by atoms with Crippen molar-refractivity contribution in [2.45, 2.75) is 6.92 Å². The number of rotatable bonds is 4. The van der Waals surface area contributed by atoms with Crippen LogP contribution in [-0.4, -0.2) is 23.6 Å². The van der Waals surface area contributed by atoms with Crippen LogP contribution in [0.4, 0.5) is 17.2 Å². The maximum atomic E-state index is 6.02. The SMILES string of the molecule is CCN(c1ccccc1)c1ncnc(OC)c1N. The number of para-hydroxylation sites is 1. The molecule has 0 saturated carbocycles. The number of hydrogen-bond acceptors (Lipinski definition) is 5. The Labute approximate surface area is 106 Å². The molecular weight excluding hydrogens is 228 g/mol. The van der Waals surface area contributed by atoms with Crippen molar-refractivity contribution in [3.05, 3.63) is 36.7 Å². The summed E-state index contributed by atoms with van der Waals surface area (Å²) in [6, 6.07) is 9.95. The van der Waals surface area contributed by atoms with E-state index in [4.69, 9.17) is 10.5 Å². The molecular formula is C13H16N4O. The van der Waals surface area contributed by atoms with E-state index < -0.39 is 0 Å². The number of nitrogens with two attached hydrogens (primary N) is 1. The first kappa shape index (κ1) is 12.2. The third-order valence-electron chi connectivity index (χ3n) is 2.66. The molecule has 1 aromatic heterocycles. The molecule has 5 heteroatoms. The molecule has 0 saturated heterocycles. The van der Waals surface area contributed by atoms with Gasteiger partial charge in [-0.05, 0) is 19.1 Å². The number of nitrogen functional groups attached to an aromatic ring is 1. The van der Waals surface area contributed by atoms with E-state index in [9.17, 15) is 0 Å². The Morgan fingerprint density at radius 3 is 2.56 bits per heavy atom. The van der Waals surface area contributed by atoms with E-state index in [2.05, 4.69) is 9.97 Å². The van der Waals surface area contributed by atoms with Crippen molar-refractivity contribution in [1.29, 1.82) is 0 Å². The first-order chi connectivity index (χ1) is 8.77. The molecule has 0 unspecified atom stereocenters. The van der Waals surface area contributed by atoms with E-state index in [-0.39, 0.29) is 0 Å². The third kappa shape index (κ3) is 2.20. The van der Waals surface area contributed by atoms with Crippen LogP contribution >= 0.6 is 0 Å². The number of ether oxygens (including phenoxy) is 1. The van der Waals surface area contributed by atoms with Gasteiger partial charge in [-0.1, -0.05) is 18.2 Å². The number of methoxy groups -OCH3 is 1. The van der Waals surface area contributed by atoms with Crippen LogP contribution in [0.1, 0.15) is 6.92 Å². The summed E-state index contributed by atoms with van der Waals surface area (Å²) in [5, 5.41) is 0. The van der Waals surface area contributed by atoms with Gasteiger partial charge in [-0.15, -0.1) is 0 Å². The van der Waals surface area contributed by atoms with Crippen LogP contribution in [0.2, 0.25) is 0 Å². The van der Waals surface area contributed by atoms with Crippen LogP contribution in [0.15, 0.2) is 36.7 Å². The minimum Gasteiger partial charge on any atom is -0.479 e. The minimum absolute atomic E-state index is 0.398. The van der Waals surface area contributed by atoms with Gasteiger partial charge in [0, 0.05) is 12.2 Å². The maximum Gasteiger partial charge on any atom is 0.242 e. The van der Waals surface area contributed by atoms with Crippen molar-refractivity contribution < 1.29 is 4.74 Å². The van der Waals surface area contributed by atoms with Crippen molar-refractivity contribution in [3.63, 3.8) is 0 Å². The largest absolute Gasteiger partial charge is 0.479 e. The predicted molar refractivity (Wildman–Crippen MR) is 72.1 cm³/mol. The van der Waals surface area contributed by atoms with Crippen molar-refractivity contribution in [1.82, 2.24) is 9.97 Å². The van der Waals surface area contributed by atoms with Gasteiger partial charge in [0.15, 0.2) is 5.82 Å². The average molecular weight is 244 g/mol. The summed E-state index contributed by atoms with van der Waals surface area (Å²) in [6.45, 7) is 2.80. The molecule has 2 N–H and O–H groups in total. The quantitative estimate of drug-likeness (QED) is 0.893. The highest BCUT2D eigenvalue weighted by Gasteiger charge is 2.15. The van der Waals surface area contributed by atoms with E-state index in [1.165, 1.54) is 6.33 Å². The number of aromatic nitrogens is 2. The summed E-state index contributed by atoms with van der Waals surface area (Å²) < 4.78 is 5.11. The van der Waals surface area contributed by atoms with Gasteiger partial charge in [0.1, 0.15) is 12.0 Å². The molecule has 0 spiro atoms. The second kappa shape index (κ2) is 5.35. The van der Waals surface area contributed by atoms with Gasteiger partial charge in [-0.2, -0.15) is 4.98 Å². The minimum atomic E-state index is 0.398. The highest BCUT2D eigenvalue weighted by Crippen LogP contribution is 2.32. The topological polar surface area (TPSA) is 64.3 Å². The molecule has 94 valence electrons. The maximum absolute atomic E-state index is 6.02. The van der Waals surface area contributed by atoms with Gasteiger partial charge >= 0.3 is 0 Å². The van der Waals surface area contributed by atoms with Gasteiger partial charge in [0.05, 0.1) is 7.11 Å². The van der Waals surface area contributed by atoms with Crippen molar-refractivity contribution >= 4 is 17.2 Å².